The van der Waals surface area contributed by atoms with Crippen molar-refractivity contribution >= 4 is 29.5 Å². The van der Waals surface area contributed by atoms with E-state index in [0.717, 1.165) is 25.7 Å². The van der Waals surface area contributed by atoms with Gasteiger partial charge < -0.3 is 15.7 Å². The third kappa shape index (κ3) is 5.03. The topological polar surface area (TPSA) is 113 Å². The molecule has 2 amide bonds. The molecule has 0 unspecified atom stereocenters. The number of carboxylic acids is 1. The van der Waals surface area contributed by atoms with E-state index in [0.29, 0.717) is 24.3 Å². The first-order valence-electron chi connectivity index (χ1n) is 9.44. The van der Waals surface area contributed by atoms with Gasteiger partial charge in [-0.3, -0.25) is 14.3 Å². The summed E-state index contributed by atoms with van der Waals surface area (Å²) in [4.78, 5) is 36.4. The van der Waals surface area contributed by atoms with Gasteiger partial charge in [-0.2, -0.15) is 16.9 Å². The van der Waals surface area contributed by atoms with Gasteiger partial charge in [0.1, 0.15) is 12.1 Å². The van der Waals surface area contributed by atoms with Crippen molar-refractivity contribution in [2.24, 2.45) is 0 Å². The lowest BCUT2D eigenvalue weighted by Crippen LogP contribution is -2.56. The molecule has 8 nitrogen and oxygen atoms in total. The highest BCUT2D eigenvalue weighted by Gasteiger charge is 2.41. The van der Waals surface area contributed by atoms with Gasteiger partial charge in [0.2, 0.25) is 5.91 Å². The Kier molecular flexibility index (Phi) is 6.41. The monoisotopic (exact) mass is 394 g/mol. The second-order valence-corrected chi connectivity index (χ2v) is 8.51. The van der Waals surface area contributed by atoms with Gasteiger partial charge in [-0.15, -0.1) is 0 Å². The van der Waals surface area contributed by atoms with Crippen LogP contribution >= 0.6 is 11.8 Å². The summed E-state index contributed by atoms with van der Waals surface area (Å²) in [6, 6.07) is 0.226. The molecular weight excluding hydrogens is 368 g/mol. The summed E-state index contributed by atoms with van der Waals surface area (Å²) in [6.45, 7) is 0.0461. The van der Waals surface area contributed by atoms with E-state index in [2.05, 4.69) is 15.7 Å². The standard InChI is InChI=1S/C18H26N4O4S/c23-15(20-14-4-2-1-3-5-14)12-22-11-13(10-19-22)16(24)21-18(17(25)26)6-8-27-9-7-18/h10-11,14H,1-9,12H2,(H,20,23)(H,21,24)(H,25,26). The number of carbonyl (C=O) groups is 3. The number of rotatable bonds is 6. The molecule has 9 heteroatoms. The second kappa shape index (κ2) is 8.77. The van der Waals surface area contributed by atoms with Gasteiger partial charge in [-0.1, -0.05) is 19.3 Å². The Morgan fingerprint density at radius 1 is 1.22 bits per heavy atom. The van der Waals surface area contributed by atoms with Gasteiger partial charge in [-0.05, 0) is 37.2 Å². The minimum Gasteiger partial charge on any atom is -0.480 e. The van der Waals surface area contributed by atoms with Crippen molar-refractivity contribution in [3.63, 3.8) is 0 Å². The molecule has 1 aliphatic heterocycles. The van der Waals surface area contributed by atoms with Crippen LogP contribution in [0.2, 0.25) is 0 Å². The van der Waals surface area contributed by atoms with E-state index in [1.807, 2.05) is 0 Å². The molecule has 2 aliphatic rings. The molecule has 0 radical (unpaired) electrons. The average molecular weight is 394 g/mol. The predicted molar refractivity (Wildman–Crippen MR) is 102 cm³/mol. The highest BCUT2D eigenvalue weighted by atomic mass is 32.2. The van der Waals surface area contributed by atoms with Crippen molar-refractivity contribution in [3.05, 3.63) is 18.0 Å². The van der Waals surface area contributed by atoms with Crippen LogP contribution in [0.25, 0.3) is 0 Å². The van der Waals surface area contributed by atoms with Crippen molar-refractivity contribution in [1.82, 2.24) is 20.4 Å². The van der Waals surface area contributed by atoms with Gasteiger partial charge in [0, 0.05) is 12.2 Å². The first kappa shape index (κ1) is 19.7. The van der Waals surface area contributed by atoms with Crippen LogP contribution in [0.15, 0.2) is 12.4 Å². The highest BCUT2D eigenvalue weighted by molar-refractivity contribution is 7.99. The van der Waals surface area contributed by atoms with Crippen LogP contribution < -0.4 is 10.6 Å². The molecule has 1 aliphatic carbocycles. The smallest absolute Gasteiger partial charge is 0.329 e. The number of hydrogen-bond acceptors (Lipinski definition) is 5. The molecule has 3 rings (SSSR count). The lowest BCUT2D eigenvalue weighted by atomic mass is 9.92. The van der Waals surface area contributed by atoms with Gasteiger partial charge in [-0.25, -0.2) is 4.79 Å². The first-order valence-corrected chi connectivity index (χ1v) is 10.6. The molecule has 2 heterocycles. The molecule has 0 bridgehead atoms. The lowest BCUT2D eigenvalue weighted by molar-refractivity contribution is -0.144. The Hall–Kier alpha value is -2.03. The third-order valence-electron chi connectivity index (χ3n) is 5.28. The Morgan fingerprint density at radius 2 is 1.93 bits per heavy atom. The highest BCUT2D eigenvalue weighted by Crippen LogP contribution is 2.27. The third-order valence-corrected chi connectivity index (χ3v) is 6.27. The minimum atomic E-state index is -1.22. The van der Waals surface area contributed by atoms with Crippen LogP contribution in [-0.2, 0) is 16.1 Å². The van der Waals surface area contributed by atoms with Gasteiger partial charge >= 0.3 is 5.97 Å². The Morgan fingerprint density at radius 3 is 2.59 bits per heavy atom. The van der Waals surface area contributed by atoms with E-state index in [1.165, 1.54) is 23.5 Å². The van der Waals surface area contributed by atoms with Crippen LogP contribution in [0.4, 0.5) is 0 Å². The van der Waals surface area contributed by atoms with Crippen molar-refractivity contribution in [2.45, 2.75) is 63.1 Å². The summed E-state index contributed by atoms with van der Waals surface area (Å²) in [5, 5.41) is 19.3. The molecule has 3 N–H and O–H groups in total. The Bertz CT molecular complexity index is 693. The van der Waals surface area contributed by atoms with Crippen molar-refractivity contribution < 1.29 is 19.5 Å². The predicted octanol–water partition coefficient (Wildman–Crippen LogP) is 1.41. The Balaban J connectivity index is 1.56. The van der Waals surface area contributed by atoms with E-state index < -0.39 is 17.4 Å². The molecule has 2 fully saturated rings. The first-order chi connectivity index (χ1) is 13.0. The fraction of sp³-hybridized carbons (Fsp3) is 0.667. The zero-order chi connectivity index (χ0) is 19.3. The van der Waals surface area contributed by atoms with E-state index in [-0.39, 0.29) is 24.1 Å². The second-order valence-electron chi connectivity index (χ2n) is 7.28. The number of nitrogens with one attached hydrogen (secondary N) is 2. The summed E-state index contributed by atoms with van der Waals surface area (Å²) < 4.78 is 1.41. The summed E-state index contributed by atoms with van der Waals surface area (Å²) in [7, 11) is 0. The number of nitrogens with zero attached hydrogens (tertiary/aromatic N) is 2. The lowest BCUT2D eigenvalue weighted by Gasteiger charge is -2.33. The summed E-state index contributed by atoms with van der Waals surface area (Å²) in [5.41, 5.74) is -0.956. The summed E-state index contributed by atoms with van der Waals surface area (Å²) >= 11 is 1.69. The van der Waals surface area contributed by atoms with Gasteiger partial charge in [0.05, 0.1) is 11.8 Å². The Labute approximate surface area is 162 Å². The molecule has 27 heavy (non-hydrogen) atoms. The quantitative estimate of drug-likeness (QED) is 0.672. The van der Waals surface area contributed by atoms with E-state index in [4.69, 9.17) is 0 Å². The number of amides is 2. The average Bonchev–Trinajstić information content (AvgIpc) is 3.11. The van der Waals surface area contributed by atoms with Crippen molar-refractivity contribution in [1.29, 1.82) is 0 Å². The molecular formula is C18H26N4O4S. The van der Waals surface area contributed by atoms with Crippen LogP contribution in [0.5, 0.6) is 0 Å². The van der Waals surface area contributed by atoms with Crippen molar-refractivity contribution in [3.8, 4) is 0 Å². The summed E-state index contributed by atoms with van der Waals surface area (Å²) in [5.74, 6) is -0.192. The number of thioether (sulfide) groups is 1. The maximum Gasteiger partial charge on any atom is 0.329 e. The number of carboxylic acid groups (broad SMARTS) is 1. The van der Waals surface area contributed by atoms with Crippen LogP contribution in [-0.4, -0.2) is 55.8 Å². The summed E-state index contributed by atoms with van der Waals surface area (Å²) in [6.07, 6.45) is 9.18. The number of carbonyl (C=O) groups excluding carboxylic acids is 2. The van der Waals surface area contributed by atoms with Crippen molar-refractivity contribution in [2.75, 3.05) is 11.5 Å². The van der Waals surface area contributed by atoms with Crippen LogP contribution in [0.1, 0.15) is 55.3 Å². The zero-order valence-electron chi connectivity index (χ0n) is 15.3. The SMILES string of the molecule is O=C(Cn1cc(C(=O)NC2(C(=O)O)CCSCC2)cn1)NC1CCCCC1. The molecule has 148 valence electrons. The van der Waals surface area contributed by atoms with Gasteiger partial charge in [0.15, 0.2) is 0 Å². The molecule has 1 aromatic heterocycles. The number of aromatic nitrogens is 2. The minimum absolute atomic E-state index is 0.0461. The van der Waals surface area contributed by atoms with Crippen LogP contribution in [0.3, 0.4) is 0 Å². The number of hydrogen-bond donors (Lipinski definition) is 3. The maximum absolute atomic E-state index is 12.5. The molecule has 1 saturated carbocycles. The number of aliphatic carboxylic acids is 1. The largest absolute Gasteiger partial charge is 0.480 e. The van der Waals surface area contributed by atoms with Gasteiger partial charge in [0.25, 0.3) is 5.91 Å². The normalized spacial score (nSPS) is 20.0. The van der Waals surface area contributed by atoms with E-state index >= 15 is 0 Å². The zero-order valence-corrected chi connectivity index (χ0v) is 16.1. The fourth-order valence-corrected chi connectivity index (χ4v) is 4.83. The van der Waals surface area contributed by atoms with E-state index in [9.17, 15) is 19.5 Å². The molecule has 0 aromatic carbocycles. The van der Waals surface area contributed by atoms with Crippen LogP contribution in [0, 0.1) is 0 Å². The fourth-order valence-electron chi connectivity index (χ4n) is 3.64. The van der Waals surface area contributed by atoms with E-state index in [1.54, 1.807) is 11.8 Å². The molecule has 0 atom stereocenters. The molecule has 0 spiro atoms. The molecule has 1 saturated heterocycles. The molecule has 1 aromatic rings. The maximum atomic E-state index is 12.5.